The fourth-order valence-electron chi connectivity index (χ4n) is 2.59. The predicted molar refractivity (Wildman–Crippen MR) is 77.5 cm³/mol. The standard InChI is InChI=1S/C15H22N2O2/c1-3-19-15(18)12-7-8-13(16)14(10-12)17-9-5-4-6-11(17)2/h7-8,10-11H,3-6,9,16H2,1-2H3. The lowest BCUT2D eigenvalue weighted by Gasteiger charge is -2.36. The number of ether oxygens (including phenoxy) is 1. The number of anilines is 2. The highest BCUT2D eigenvalue weighted by Gasteiger charge is 2.21. The summed E-state index contributed by atoms with van der Waals surface area (Å²) in [5.41, 5.74) is 8.32. The Kier molecular flexibility index (Phi) is 4.30. The lowest BCUT2D eigenvalue weighted by atomic mass is 10.0. The van der Waals surface area contributed by atoms with E-state index in [1.54, 1.807) is 12.1 Å². The van der Waals surface area contributed by atoms with Gasteiger partial charge in [-0.25, -0.2) is 4.79 Å². The second-order valence-electron chi connectivity index (χ2n) is 5.03. The first-order valence-electron chi connectivity index (χ1n) is 6.96. The maximum atomic E-state index is 11.8. The van der Waals surface area contributed by atoms with Gasteiger partial charge in [0.15, 0.2) is 0 Å². The highest BCUT2D eigenvalue weighted by atomic mass is 16.5. The van der Waals surface area contributed by atoms with Crippen LogP contribution in [0.15, 0.2) is 18.2 Å². The Morgan fingerprint density at radius 2 is 2.26 bits per heavy atom. The van der Waals surface area contributed by atoms with Gasteiger partial charge in [-0.2, -0.15) is 0 Å². The summed E-state index contributed by atoms with van der Waals surface area (Å²) in [5.74, 6) is -0.284. The van der Waals surface area contributed by atoms with Gasteiger partial charge in [0.05, 0.1) is 23.5 Å². The van der Waals surface area contributed by atoms with Crippen LogP contribution in [0.3, 0.4) is 0 Å². The Balaban J connectivity index is 2.28. The van der Waals surface area contributed by atoms with Gasteiger partial charge < -0.3 is 15.4 Å². The minimum Gasteiger partial charge on any atom is -0.462 e. The average Bonchev–Trinajstić information content (AvgIpc) is 2.40. The van der Waals surface area contributed by atoms with Crippen molar-refractivity contribution in [1.82, 2.24) is 0 Å². The SMILES string of the molecule is CCOC(=O)c1ccc(N)c(N2CCCCC2C)c1. The first-order valence-corrected chi connectivity index (χ1v) is 6.96. The molecule has 19 heavy (non-hydrogen) atoms. The molecule has 0 amide bonds. The Bertz CT molecular complexity index is 459. The molecule has 0 spiro atoms. The second-order valence-corrected chi connectivity index (χ2v) is 5.03. The van der Waals surface area contributed by atoms with Gasteiger partial charge in [0.25, 0.3) is 0 Å². The fourth-order valence-corrected chi connectivity index (χ4v) is 2.59. The number of hydrogen-bond donors (Lipinski definition) is 1. The number of nitrogen functional groups attached to an aromatic ring is 1. The van der Waals surface area contributed by atoms with Crippen molar-refractivity contribution in [2.75, 3.05) is 23.8 Å². The molecule has 1 atom stereocenters. The molecule has 4 heteroatoms. The average molecular weight is 262 g/mol. The molecule has 1 unspecified atom stereocenters. The number of hydrogen-bond acceptors (Lipinski definition) is 4. The number of carbonyl (C=O) groups excluding carboxylic acids is 1. The summed E-state index contributed by atoms with van der Waals surface area (Å²) < 4.78 is 5.04. The van der Waals surface area contributed by atoms with Crippen LogP contribution in [0.1, 0.15) is 43.5 Å². The van der Waals surface area contributed by atoms with Gasteiger partial charge in [0, 0.05) is 12.6 Å². The molecule has 0 bridgehead atoms. The van der Waals surface area contributed by atoms with E-state index in [4.69, 9.17) is 10.5 Å². The number of nitrogens with zero attached hydrogens (tertiary/aromatic N) is 1. The zero-order valence-corrected chi connectivity index (χ0v) is 11.7. The molecule has 1 saturated heterocycles. The van der Waals surface area contributed by atoms with Crippen molar-refractivity contribution in [3.63, 3.8) is 0 Å². The maximum absolute atomic E-state index is 11.8. The van der Waals surface area contributed by atoms with E-state index in [1.807, 2.05) is 13.0 Å². The molecule has 2 rings (SSSR count). The zero-order chi connectivity index (χ0) is 13.8. The summed E-state index contributed by atoms with van der Waals surface area (Å²) in [6, 6.07) is 5.84. The van der Waals surface area contributed by atoms with E-state index < -0.39 is 0 Å². The largest absolute Gasteiger partial charge is 0.462 e. The zero-order valence-electron chi connectivity index (χ0n) is 11.7. The molecule has 0 radical (unpaired) electrons. The quantitative estimate of drug-likeness (QED) is 0.672. The summed E-state index contributed by atoms with van der Waals surface area (Å²) in [7, 11) is 0. The van der Waals surface area contributed by atoms with Crippen LogP contribution < -0.4 is 10.6 Å². The third-order valence-corrected chi connectivity index (χ3v) is 3.65. The van der Waals surface area contributed by atoms with Crippen molar-refractivity contribution in [2.24, 2.45) is 0 Å². The molecule has 1 aromatic rings. The van der Waals surface area contributed by atoms with E-state index in [0.29, 0.717) is 18.2 Å². The van der Waals surface area contributed by atoms with Gasteiger partial charge in [-0.05, 0) is 51.3 Å². The van der Waals surface area contributed by atoms with E-state index in [0.717, 1.165) is 17.9 Å². The molecule has 2 N–H and O–H groups in total. The van der Waals surface area contributed by atoms with Gasteiger partial charge in [-0.15, -0.1) is 0 Å². The number of esters is 1. The first kappa shape index (κ1) is 13.7. The summed E-state index contributed by atoms with van der Waals surface area (Å²) in [5, 5.41) is 0. The Morgan fingerprint density at radius 1 is 1.47 bits per heavy atom. The number of piperidine rings is 1. The molecule has 1 aliphatic rings. The van der Waals surface area contributed by atoms with Crippen molar-refractivity contribution in [1.29, 1.82) is 0 Å². The van der Waals surface area contributed by atoms with E-state index in [9.17, 15) is 4.79 Å². The van der Waals surface area contributed by atoms with E-state index >= 15 is 0 Å². The maximum Gasteiger partial charge on any atom is 0.338 e. The van der Waals surface area contributed by atoms with Crippen LogP contribution in [0.5, 0.6) is 0 Å². The van der Waals surface area contributed by atoms with Gasteiger partial charge in [0.2, 0.25) is 0 Å². The van der Waals surface area contributed by atoms with Crippen molar-refractivity contribution < 1.29 is 9.53 Å². The first-order chi connectivity index (χ1) is 9.13. The molecule has 0 aliphatic carbocycles. The Labute approximate surface area is 114 Å². The Hall–Kier alpha value is -1.71. The number of rotatable bonds is 3. The molecule has 0 aromatic heterocycles. The topological polar surface area (TPSA) is 55.6 Å². The number of nitrogens with two attached hydrogens (primary N) is 1. The van der Waals surface area contributed by atoms with Crippen LogP contribution in [-0.2, 0) is 4.74 Å². The molecular formula is C15H22N2O2. The predicted octanol–water partition coefficient (Wildman–Crippen LogP) is 2.82. The second kappa shape index (κ2) is 5.95. The molecule has 104 valence electrons. The summed E-state index contributed by atoms with van der Waals surface area (Å²) in [4.78, 5) is 14.1. The van der Waals surface area contributed by atoms with Crippen LogP contribution in [0, 0.1) is 0 Å². The van der Waals surface area contributed by atoms with Crippen LogP contribution >= 0.6 is 0 Å². The van der Waals surface area contributed by atoms with Crippen molar-refractivity contribution in [3.05, 3.63) is 23.8 Å². The smallest absolute Gasteiger partial charge is 0.338 e. The normalized spacial score (nSPS) is 19.3. The number of benzene rings is 1. The summed E-state index contributed by atoms with van der Waals surface area (Å²) >= 11 is 0. The molecule has 1 aliphatic heterocycles. The minimum atomic E-state index is -0.284. The summed E-state index contributed by atoms with van der Waals surface area (Å²) in [6.45, 7) is 5.40. The highest BCUT2D eigenvalue weighted by Crippen LogP contribution is 2.30. The van der Waals surface area contributed by atoms with Gasteiger partial charge in [-0.3, -0.25) is 0 Å². The third kappa shape index (κ3) is 3.00. The van der Waals surface area contributed by atoms with Crippen molar-refractivity contribution in [2.45, 2.75) is 39.2 Å². The van der Waals surface area contributed by atoms with E-state index in [-0.39, 0.29) is 5.97 Å². The van der Waals surface area contributed by atoms with Crippen LogP contribution in [-0.4, -0.2) is 25.2 Å². The lowest BCUT2D eigenvalue weighted by molar-refractivity contribution is 0.0526. The van der Waals surface area contributed by atoms with Crippen LogP contribution in [0.4, 0.5) is 11.4 Å². The molecule has 1 heterocycles. The molecule has 1 aromatic carbocycles. The minimum absolute atomic E-state index is 0.284. The lowest BCUT2D eigenvalue weighted by Crippen LogP contribution is -2.38. The molecular weight excluding hydrogens is 240 g/mol. The van der Waals surface area contributed by atoms with Gasteiger partial charge in [0.1, 0.15) is 0 Å². The number of carbonyl (C=O) groups is 1. The summed E-state index contributed by atoms with van der Waals surface area (Å²) in [6.07, 6.45) is 3.60. The van der Waals surface area contributed by atoms with Gasteiger partial charge in [-0.1, -0.05) is 0 Å². The van der Waals surface area contributed by atoms with E-state index in [1.165, 1.54) is 19.3 Å². The fraction of sp³-hybridized carbons (Fsp3) is 0.533. The molecule has 1 fully saturated rings. The highest BCUT2D eigenvalue weighted by molar-refractivity contribution is 5.92. The van der Waals surface area contributed by atoms with Crippen molar-refractivity contribution >= 4 is 17.3 Å². The van der Waals surface area contributed by atoms with Crippen LogP contribution in [0.2, 0.25) is 0 Å². The molecule has 0 saturated carbocycles. The third-order valence-electron chi connectivity index (χ3n) is 3.65. The molecule has 4 nitrogen and oxygen atoms in total. The monoisotopic (exact) mass is 262 g/mol. The van der Waals surface area contributed by atoms with Crippen LogP contribution in [0.25, 0.3) is 0 Å². The van der Waals surface area contributed by atoms with E-state index in [2.05, 4.69) is 11.8 Å². The Morgan fingerprint density at radius 3 is 2.95 bits per heavy atom. The van der Waals surface area contributed by atoms with Crippen molar-refractivity contribution in [3.8, 4) is 0 Å². The van der Waals surface area contributed by atoms with Gasteiger partial charge >= 0.3 is 5.97 Å².